The van der Waals surface area contributed by atoms with Gasteiger partial charge in [0.15, 0.2) is 0 Å². The third-order valence-electron chi connectivity index (χ3n) is 4.12. The van der Waals surface area contributed by atoms with E-state index in [4.69, 9.17) is 11.6 Å². The molecule has 0 saturated carbocycles. The molecule has 1 aliphatic heterocycles. The first-order chi connectivity index (χ1) is 9.90. The van der Waals surface area contributed by atoms with Crippen LogP contribution in [-0.4, -0.2) is 39.1 Å². The lowest BCUT2D eigenvalue weighted by atomic mass is 9.89. The number of nitrogens with zero attached hydrogens (tertiary/aromatic N) is 1. The van der Waals surface area contributed by atoms with Gasteiger partial charge in [0.05, 0.1) is 6.26 Å². The number of hydrogen-bond donors (Lipinski definition) is 1. The van der Waals surface area contributed by atoms with Crippen LogP contribution < -0.4 is 5.32 Å². The molecule has 0 amide bonds. The van der Waals surface area contributed by atoms with Gasteiger partial charge in [-0.2, -0.15) is 0 Å². The van der Waals surface area contributed by atoms with Gasteiger partial charge < -0.3 is 5.32 Å². The van der Waals surface area contributed by atoms with Crippen molar-refractivity contribution in [3.8, 4) is 0 Å². The fourth-order valence-corrected chi connectivity index (χ4v) is 4.14. The van der Waals surface area contributed by atoms with Crippen molar-refractivity contribution in [3.05, 3.63) is 34.9 Å². The Bertz CT molecular complexity index is 577. The molecule has 1 aromatic carbocycles. The zero-order valence-electron chi connectivity index (χ0n) is 12.5. The number of halogens is 1. The van der Waals surface area contributed by atoms with Crippen LogP contribution in [0.25, 0.3) is 0 Å². The van der Waals surface area contributed by atoms with Crippen molar-refractivity contribution >= 4 is 21.6 Å². The average Bonchev–Trinajstić information content (AvgIpc) is 2.44. The minimum absolute atomic E-state index is 0.202. The molecular weight excluding hydrogens is 308 g/mol. The largest absolute Gasteiger partial charge is 0.313 e. The van der Waals surface area contributed by atoms with E-state index in [1.165, 1.54) is 6.26 Å². The van der Waals surface area contributed by atoms with Crippen molar-refractivity contribution in [2.24, 2.45) is 5.92 Å². The second-order valence-electron chi connectivity index (χ2n) is 5.76. The molecule has 2 atom stereocenters. The van der Waals surface area contributed by atoms with Crippen LogP contribution in [0.1, 0.15) is 30.9 Å². The van der Waals surface area contributed by atoms with Crippen LogP contribution >= 0.6 is 11.6 Å². The summed E-state index contributed by atoms with van der Waals surface area (Å²) >= 11 is 6.06. The van der Waals surface area contributed by atoms with Gasteiger partial charge in [0.1, 0.15) is 0 Å². The van der Waals surface area contributed by atoms with E-state index in [2.05, 4.69) is 11.4 Å². The highest BCUT2D eigenvalue weighted by Gasteiger charge is 2.27. The Balaban J connectivity index is 2.05. The number of rotatable bonds is 5. The van der Waals surface area contributed by atoms with Crippen molar-refractivity contribution in [1.82, 2.24) is 9.62 Å². The van der Waals surface area contributed by atoms with Crippen LogP contribution in [0.5, 0.6) is 0 Å². The SMILES string of the molecule is CNC(CC1CCCN(S(C)(=O)=O)C1)c1cccc(Cl)c1. The highest BCUT2D eigenvalue weighted by molar-refractivity contribution is 7.88. The van der Waals surface area contributed by atoms with E-state index in [1.807, 2.05) is 25.2 Å². The van der Waals surface area contributed by atoms with Gasteiger partial charge >= 0.3 is 0 Å². The molecule has 0 bridgehead atoms. The van der Waals surface area contributed by atoms with E-state index < -0.39 is 10.0 Å². The summed E-state index contributed by atoms with van der Waals surface area (Å²) in [5.74, 6) is 0.380. The van der Waals surface area contributed by atoms with Crippen LogP contribution in [0.15, 0.2) is 24.3 Å². The van der Waals surface area contributed by atoms with Crippen molar-refractivity contribution in [2.75, 3.05) is 26.4 Å². The molecule has 2 rings (SSSR count). The number of piperidine rings is 1. The monoisotopic (exact) mass is 330 g/mol. The number of sulfonamides is 1. The molecule has 1 saturated heterocycles. The maximum absolute atomic E-state index is 11.7. The average molecular weight is 331 g/mol. The zero-order valence-corrected chi connectivity index (χ0v) is 14.1. The molecule has 0 spiro atoms. The second kappa shape index (κ2) is 7.09. The molecule has 2 unspecified atom stereocenters. The summed E-state index contributed by atoms with van der Waals surface area (Å²) in [6.45, 7) is 1.27. The molecule has 1 heterocycles. The lowest BCUT2D eigenvalue weighted by Crippen LogP contribution is -2.40. The topological polar surface area (TPSA) is 49.4 Å². The number of benzene rings is 1. The molecule has 1 N–H and O–H groups in total. The Hall–Kier alpha value is -0.620. The summed E-state index contributed by atoms with van der Waals surface area (Å²) in [4.78, 5) is 0. The van der Waals surface area contributed by atoms with Gasteiger partial charge in [0.2, 0.25) is 10.0 Å². The first kappa shape index (κ1) is 16.7. The minimum Gasteiger partial charge on any atom is -0.313 e. The molecule has 0 aromatic heterocycles. The van der Waals surface area contributed by atoms with Gasteiger partial charge in [-0.3, -0.25) is 0 Å². The molecule has 1 fully saturated rings. The maximum atomic E-state index is 11.7. The third-order valence-corrected chi connectivity index (χ3v) is 5.62. The molecule has 21 heavy (non-hydrogen) atoms. The smallest absolute Gasteiger partial charge is 0.211 e. The second-order valence-corrected chi connectivity index (χ2v) is 8.18. The Morgan fingerprint density at radius 3 is 2.86 bits per heavy atom. The Morgan fingerprint density at radius 1 is 1.48 bits per heavy atom. The predicted octanol–water partition coefficient (Wildman–Crippen LogP) is 2.66. The molecule has 118 valence electrons. The summed E-state index contributed by atoms with van der Waals surface area (Å²) in [7, 11) is -1.15. The van der Waals surface area contributed by atoms with E-state index in [9.17, 15) is 8.42 Å². The molecule has 0 aliphatic carbocycles. The number of nitrogens with one attached hydrogen (secondary N) is 1. The maximum Gasteiger partial charge on any atom is 0.211 e. The molecule has 6 heteroatoms. The molecular formula is C15H23ClN2O2S. The fourth-order valence-electron chi connectivity index (χ4n) is 3.00. The summed E-state index contributed by atoms with van der Waals surface area (Å²) in [6, 6.07) is 8.05. The fraction of sp³-hybridized carbons (Fsp3) is 0.600. The van der Waals surface area contributed by atoms with Crippen molar-refractivity contribution in [3.63, 3.8) is 0 Å². The van der Waals surface area contributed by atoms with E-state index in [0.717, 1.165) is 29.8 Å². The predicted molar refractivity (Wildman–Crippen MR) is 87.0 cm³/mol. The van der Waals surface area contributed by atoms with E-state index in [1.54, 1.807) is 4.31 Å². The standard InChI is InChI=1S/C15H23ClN2O2S/c1-17-15(13-6-3-7-14(16)10-13)9-12-5-4-8-18(11-12)21(2,19)20/h3,6-7,10,12,15,17H,4-5,8-9,11H2,1-2H3. The highest BCUT2D eigenvalue weighted by atomic mass is 35.5. The zero-order chi connectivity index (χ0) is 15.5. The Labute approximate surface area is 132 Å². The first-order valence-corrected chi connectivity index (χ1v) is 9.50. The van der Waals surface area contributed by atoms with Crippen LogP contribution in [0.2, 0.25) is 5.02 Å². The minimum atomic E-state index is -3.08. The summed E-state index contributed by atoms with van der Waals surface area (Å²) in [6.07, 6.45) is 4.22. The summed E-state index contributed by atoms with van der Waals surface area (Å²) in [5, 5.41) is 4.05. The Morgan fingerprint density at radius 2 is 2.24 bits per heavy atom. The number of hydrogen-bond acceptors (Lipinski definition) is 3. The van der Waals surface area contributed by atoms with Gasteiger partial charge in [-0.15, -0.1) is 0 Å². The highest BCUT2D eigenvalue weighted by Crippen LogP contribution is 2.29. The van der Waals surface area contributed by atoms with Crippen LogP contribution in [-0.2, 0) is 10.0 Å². The molecule has 1 aliphatic rings. The van der Waals surface area contributed by atoms with Crippen molar-refractivity contribution < 1.29 is 8.42 Å². The molecule has 1 aromatic rings. The summed E-state index contributed by atoms with van der Waals surface area (Å²) in [5.41, 5.74) is 1.15. The van der Waals surface area contributed by atoms with Gasteiger partial charge in [-0.1, -0.05) is 23.7 Å². The third kappa shape index (κ3) is 4.68. The van der Waals surface area contributed by atoms with Gasteiger partial charge in [0.25, 0.3) is 0 Å². The van der Waals surface area contributed by atoms with Crippen molar-refractivity contribution in [1.29, 1.82) is 0 Å². The normalized spacial score (nSPS) is 22.1. The lowest BCUT2D eigenvalue weighted by molar-refractivity contribution is 0.240. The van der Waals surface area contributed by atoms with Gasteiger partial charge in [-0.05, 0) is 49.9 Å². The van der Waals surface area contributed by atoms with E-state index in [0.29, 0.717) is 19.0 Å². The van der Waals surface area contributed by atoms with Crippen LogP contribution in [0.3, 0.4) is 0 Å². The van der Waals surface area contributed by atoms with E-state index >= 15 is 0 Å². The van der Waals surface area contributed by atoms with Crippen molar-refractivity contribution in [2.45, 2.75) is 25.3 Å². The molecule has 4 nitrogen and oxygen atoms in total. The Kier molecular flexibility index (Phi) is 5.66. The van der Waals surface area contributed by atoms with Crippen LogP contribution in [0, 0.1) is 5.92 Å². The van der Waals surface area contributed by atoms with Gasteiger partial charge in [0, 0.05) is 24.2 Å². The van der Waals surface area contributed by atoms with Crippen LogP contribution in [0.4, 0.5) is 0 Å². The first-order valence-electron chi connectivity index (χ1n) is 7.28. The van der Waals surface area contributed by atoms with Gasteiger partial charge in [-0.25, -0.2) is 12.7 Å². The summed E-state index contributed by atoms with van der Waals surface area (Å²) < 4.78 is 25.0. The quantitative estimate of drug-likeness (QED) is 0.903. The van der Waals surface area contributed by atoms with E-state index in [-0.39, 0.29) is 6.04 Å². The lowest BCUT2D eigenvalue weighted by Gasteiger charge is -2.33. The molecule has 0 radical (unpaired) electrons.